The first-order valence-electron chi connectivity index (χ1n) is 8.92. The van der Waals surface area contributed by atoms with Crippen molar-refractivity contribution in [2.24, 2.45) is 0 Å². The van der Waals surface area contributed by atoms with Gasteiger partial charge in [0.2, 0.25) is 0 Å². The standard InChI is InChI=1S/C20H18F2N4O2/c21-14-4-6-15(7-5-14)28-12-18(27)25-8-10-26(11-9-25)20-19-16(22)2-1-3-17(19)23-13-24-20/h1-7,13H,8-12H2. The Morgan fingerprint density at radius 1 is 1.00 bits per heavy atom. The van der Waals surface area contributed by atoms with Gasteiger partial charge in [0.1, 0.15) is 29.5 Å². The molecule has 1 fully saturated rings. The molecule has 0 aliphatic carbocycles. The molecule has 0 spiro atoms. The normalized spacial score (nSPS) is 14.4. The van der Waals surface area contributed by atoms with Gasteiger partial charge in [0, 0.05) is 26.2 Å². The third kappa shape index (κ3) is 3.71. The van der Waals surface area contributed by atoms with Crippen LogP contribution in [0.4, 0.5) is 14.6 Å². The van der Waals surface area contributed by atoms with Crippen molar-refractivity contribution >= 4 is 22.6 Å². The van der Waals surface area contributed by atoms with Crippen molar-refractivity contribution in [2.45, 2.75) is 0 Å². The van der Waals surface area contributed by atoms with Crippen LogP contribution in [-0.2, 0) is 4.79 Å². The Morgan fingerprint density at radius 2 is 1.75 bits per heavy atom. The molecule has 0 N–H and O–H groups in total. The van der Waals surface area contributed by atoms with E-state index < -0.39 is 0 Å². The molecule has 0 unspecified atom stereocenters. The van der Waals surface area contributed by atoms with E-state index in [1.807, 2.05) is 4.90 Å². The molecule has 0 radical (unpaired) electrons. The quantitative estimate of drug-likeness (QED) is 0.692. The number of ether oxygens (including phenoxy) is 1. The number of hydrogen-bond acceptors (Lipinski definition) is 5. The van der Waals surface area contributed by atoms with Gasteiger partial charge in [-0.25, -0.2) is 18.7 Å². The molecule has 2 aromatic carbocycles. The van der Waals surface area contributed by atoms with E-state index in [0.717, 1.165) is 0 Å². The molecular formula is C20H18F2N4O2. The highest BCUT2D eigenvalue weighted by Gasteiger charge is 2.24. The van der Waals surface area contributed by atoms with Crippen LogP contribution in [0.1, 0.15) is 0 Å². The van der Waals surface area contributed by atoms with Crippen LogP contribution in [0, 0.1) is 11.6 Å². The number of carbonyl (C=O) groups is 1. The van der Waals surface area contributed by atoms with Crippen LogP contribution < -0.4 is 9.64 Å². The molecular weight excluding hydrogens is 366 g/mol. The first-order chi connectivity index (χ1) is 13.6. The molecule has 1 saturated heterocycles. The van der Waals surface area contributed by atoms with Crippen molar-refractivity contribution in [1.29, 1.82) is 0 Å². The number of aromatic nitrogens is 2. The highest BCUT2D eigenvalue weighted by molar-refractivity contribution is 5.90. The van der Waals surface area contributed by atoms with Gasteiger partial charge in [-0.1, -0.05) is 6.07 Å². The minimum absolute atomic E-state index is 0.114. The summed E-state index contributed by atoms with van der Waals surface area (Å²) in [7, 11) is 0. The number of nitrogens with zero attached hydrogens (tertiary/aromatic N) is 4. The van der Waals surface area contributed by atoms with Gasteiger partial charge in [-0.15, -0.1) is 0 Å². The summed E-state index contributed by atoms with van der Waals surface area (Å²) in [5, 5.41) is 0.393. The van der Waals surface area contributed by atoms with Gasteiger partial charge in [-0.2, -0.15) is 0 Å². The number of benzene rings is 2. The molecule has 144 valence electrons. The van der Waals surface area contributed by atoms with E-state index in [1.165, 1.54) is 36.7 Å². The second-order valence-electron chi connectivity index (χ2n) is 6.44. The number of amides is 1. The molecule has 3 aromatic rings. The van der Waals surface area contributed by atoms with Gasteiger partial charge in [-0.05, 0) is 36.4 Å². The minimum Gasteiger partial charge on any atom is -0.484 e. The number of hydrogen-bond donors (Lipinski definition) is 0. The van der Waals surface area contributed by atoms with Gasteiger partial charge in [0.25, 0.3) is 5.91 Å². The third-order valence-corrected chi connectivity index (χ3v) is 4.70. The fourth-order valence-electron chi connectivity index (χ4n) is 3.23. The van der Waals surface area contributed by atoms with Crippen molar-refractivity contribution in [3.63, 3.8) is 0 Å². The van der Waals surface area contributed by atoms with Crippen molar-refractivity contribution in [2.75, 3.05) is 37.7 Å². The molecule has 1 aliphatic rings. The Morgan fingerprint density at radius 3 is 2.50 bits per heavy atom. The molecule has 8 heteroatoms. The van der Waals surface area contributed by atoms with Gasteiger partial charge >= 0.3 is 0 Å². The highest BCUT2D eigenvalue weighted by Crippen LogP contribution is 2.26. The van der Waals surface area contributed by atoms with E-state index in [2.05, 4.69) is 9.97 Å². The van der Waals surface area contributed by atoms with Crippen molar-refractivity contribution in [1.82, 2.24) is 14.9 Å². The summed E-state index contributed by atoms with van der Waals surface area (Å²) >= 11 is 0. The fraction of sp³-hybridized carbons (Fsp3) is 0.250. The molecule has 0 atom stereocenters. The smallest absolute Gasteiger partial charge is 0.260 e. The van der Waals surface area contributed by atoms with E-state index in [4.69, 9.17) is 4.74 Å². The Bertz CT molecular complexity index is 984. The highest BCUT2D eigenvalue weighted by atomic mass is 19.1. The average Bonchev–Trinajstić information content (AvgIpc) is 2.73. The van der Waals surface area contributed by atoms with E-state index >= 15 is 0 Å². The van der Waals surface area contributed by atoms with E-state index in [9.17, 15) is 13.6 Å². The maximum atomic E-state index is 14.3. The summed E-state index contributed by atoms with van der Waals surface area (Å²) in [6, 6.07) is 10.3. The topological polar surface area (TPSA) is 58.6 Å². The predicted octanol–water partition coefficient (Wildman–Crippen LogP) is 2.64. The summed E-state index contributed by atoms with van der Waals surface area (Å²) in [5.41, 5.74) is 0.552. The molecule has 2 heterocycles. The van der Waals surface area contributed by atoms with E-state index in [-0.39, 0.29) is 24.1 Å². The Hall–Kier alpha value is -3.29. The number of rotatable bonds is 4. The van der Waals surface area contributed by atoms with Gasteiger partial charge < -0.3 is 14.5 Å². The summed E-state index contributed by atoms with van der Waals surface area (Å²) in [5.74, 6) is 0.111. The monoisotopic (exact) mass is 384 g/mol. The van der Waals surface area contributed by atoms with Crippen LogP contribution >= 0.6 is 0 Å². The summed E-state index contributed by atoms with van der Waals surface area (Å²) in [6.07, 6.45) is 1.42. The second-order valence-corrected chi connectivity index (χ2v) is 6.44. The van der Waals surface area contributed by atoms with E-state index in [1.54, 1.807) is 17.0 Å². The summed E-state index contributed by atoms with van der Waals surface area (Å²) in [6.45, 7) is 1.90. The molecule has 4 rings (SSSR count). The Kier molecular flexibility index (Phi) is 5.01. The predicted molar refractivity (Wildman–Crippen MR) is 100 cm³/mol. The van der Waals surface area contributed by atoms with Crippen LogP contribution in [0.25, 0.3) is 10.9 Å². The zero-order valence-electron chi connectivity index (χ0n) is 15.0. The third-order valence-electron chi connectivity index (χ3n) is 4.70. The van der Waals surface area contributed by atoms with Crippen LogP contribution in [0.3, 0.4) is 0 Å². The fourth-order valence-corrected chi connectivity index (χ4v) is 3.23. The maximum Gasteiger partial charge on any atom is 0.260 e. The molecule has 6 nitrogen and oxygen atoms in total. The zero-order valence-corrected chi connectivity index (χ0v) is 15.0. The number of carbonyl (C=O) groups excluding carboxylic acids is 1. The van der Waals surface area contributed by atoms with Crippen LogP contribution in [-0.4, -0.2) is 53.6 Å². The first-order valence-corrected chi connectivity index (χ1v) is 8.92. The Labute approximate surface area is 160 Å². The van der Waals surface area contributed by atoms with Gasteiger partial charge in [-0.3, -0.25) is 4.79 Å². The Balaban J connectivity index is 1.38. The molecule has 0 bridgehead atoms. The van der Waals surface area contributed by atoms with Crippen molar-refractivity contribution in [3.8, 4) is 5.75 Å². The van der Waals surface area contributed by atoms with Crippen LogP contribution in [0.5, 0.6) is 5.75 Å². The number of anilines is 1. The SMILES string of the molecule is O=C(COc1ccc(F)cc1)N1CCN(c2ncnc3cccc(F)c23)CC1. The average molecular weight is 384 g/mol. The zero-order chi connectivity index (χ0) is 19.5. The largest absolute Gasteiger partial charge is 0.484 e. The number of halogens is 2. The molecule has 0 saturated carbocycles. The van der Waals surface area contributed by atoms with Crippen LogP contribution in [0.2, 0.25) is 0 Å². The van der Waals surface area contributed by atoms with Gasteiger partial charge in [0.15, 0.2) is 6.61 Å². The molecule has 1 aromatic heterocycles. The molecule has 1 amide bonds. The van der Waals surface area contributed by atoms with Crippen molar-refractivity contribution in [3.05, 3.63) is 60.4 Å². The van der Waals surface area contributed by atoms with Gasteiger partial charge in [0.05, 0.1) is 10.9 Å². The summed E-state index contributed by atoms with van der Waals surface area (Å²) in [4.78, 5) is 24.4. The van der Waals surface area contributed by atoms with Crippen molar-refractivity contribution < 1.29 is 18.3 Å². The van der Waals surface area contributed by atoms with Crippen LogP contribution in [0.15, 0.2) is 48.8 Å². The second kappa shape index (κ2) is 7.75. The lowest BCUT2D eigenvalue weighted by atomic mass is 10.2. The lowest BCUT2D eigenvalue weighted by Gasteiger charge is -2.35. The first kappa shape index (κ1) is 18.1. The maximum absolute atomic E-state index is 14.3. The minimum atomic E-state index is -0.362. The number of fused-ring (bicyclic) bond motifs is 1. The molecule has 1 aliphatic heterocycles. The van der Waals surface area contributed by atoms with E-state index in [0.29, 0.717) is 48.6 Å². The molecule has 28 heavy (non-hydrogen) atoms. The lowest BCUT2D eigenvalue weighted by molar-refractivity contribution is -0.133. The number of piperazine rings is 1. The lowest BCUT2D eigenvalue weighted by Crippen LogP contribution is -2.50. The summed E-state index contributed by atoms with van der Waals surface area (Å²) < 4.78 is 32.6.